The molecule has 9 nitrogen and oxygen atoms in total. The summed E-state index contributed by atoms with van der Waals surface area (Å²) in [7, 11) is -2.49. The predicted molar refractivity (Wildman–Crippen MR) is 148 cm³/mol. The Kier molecular flexibility index (Phi) is 22.7. The molecule has 1 N–H and O–H groups in total. The van der Waals surface area contributed by atoms with E-state index in [1.807, 2.05) is 20.8 Å². The molecule has 0 aliphatic rings. The molecule has 0 spiro atoms. The van der Waals surface area contributed by atoms with Crippen molar-refractivity contribution >= 4 is 20.9 Å². The maximum atomic E-state index is 11.7. The van der Waals surface area contributed by atoms with E-state index in [2.05, 4.69) is 11.9 Å². The van der Waals surface area contributed by atoms with Crippen molar-refractivity contribution in [2.75, 3.05) is 46.2 Å². The van der Waals surface area contributed by atoms with E-state index in [-0.39, 0.29) is 12.7 Å². The predicted octanol–water partition coefficient (Wildman–Crippen LogP) is 5.80. The number of ether oxygens (including phenoxy) is 3. The van der Waals surface area contributed by atoms with Gasteiger partial charge in [0.1, 0.15) is 6.10 Å². The normalized spacial score (nSPS) is 12.2. The van der Waals surface area contributed by atoms with Crippen molar-refractivity contribution in [3.05, 3.63) is 12.2 Å². The molecule has 0 radical (unpaired) electrons. The van der Waals surface area contributed by atoms with Crippen LogP contribution in [0, 0.1) is 0 Å². The van der Waals surface area contributed by atoms with E-state index in [1.54, 1.807) is 13.8 Å². The fourth-order valence-corrected chi connectivity index (χ4v) is 6.38. The van der Waals surface area contributed by atoms with Gasteiger partial charge in [-0.3, -0.25) is 0 Å². The maximum absolute atomic E-state index is 11.7. The third kappa shape index (κ3) is 20.2. The molecular formula is C27H53NO8Si. The standard InChI is InChI=1S/C27H53NO8Si/c1-7-33-37(34-8-2,35-9-3)22-18-16-14-12-10-11-13-15-17-20-32-27(30)28-19-21-31-23-25(6)36-26(29)24(4)5/h25H,4,7-23H2,1-3,5-6H3,(H,28,30). The largest absolute Gasteiger partial charge is 0.500 e. The molecule has 0 aliphatic heterocycles. The van der Waals surface area contributed by atoms with E-state index < -0.39 is 20.9 Å². The number of unbranched alkanes of at least 4 members (excludes halogenated alkanes) is 8. The second-order valence-corrected chi connectivity index (χ2v) is 11.8. The molecule has 0 saturated carbocycles. The highest BCUT2D eigenvalue weighted by Gasteiger charge is 2.39. The van der Waals surface area contributed by atoms with Gasteiger partial charge in [-0.15, -0.1) is 0 Å². The quantitative estimate of drug-likeness (QED) is 0.0663. The van der Waals surface area contributed by atoms with Gasteiger partial charge in [0, 0.05) is 38.0 Å². The zero-order chi connectivity index (χ0) is 27.8. The number of alkyl carbamates (subject to hydrolysis) is 1. The van der Waals surface area contributed by atoms with Crippen molar-refractivity contribution in [3.63, 3.8) is 0 Å². The van der Waals surface area contributed by atoms with Crippen molar-refractivity contribution < 1.29 is 37.1 Å². The molecule has 0 saturated heterocycles. The molecule has 218 valence electrons. The molecule has 10 heteroatoms. The van der Waals surface area contributed by atoms with Crippen LogP contribution in [0.4, 0.5) is 4.79 Å². The van der Waals surface area contributed by atoms with Crippen molar-refractivity contribution in [2.24, 2.45) is 0 Å². The molecule has 1 atom stereocenters. The average Bonchev–Trinajstić information content (AvgIpc) is 2.84. The van der Waals surface area contributed by atoms with Crippen LogP contribution in [0.2, 0.25) is 6.04 Å². The van der Waals surface area contributed by atoms with Gasteiger partial charge in [-0.25, -0.2) is 9.59 Å². The summed E-state index contributed by atoms with van der Waals surface area (Å²) in [6, 6.07) is 0.898. The van der Waals surface area contributed by atoms with Gasteiger partial charge >= 0.3 is 20.9 Å². The summed E-state index contributed by atoms with van der Waals surface area (Å²) in [6.45, 7) is 16.1. The van der Waals surface area contributed by atoms with Crippen LogP contribution in [-0.4, -0.2) is 73.2 Å². The van der Waals surface area contributed by atoms with E-state index >= 15 is 0 Å². The second-order valence-electron chi connectivity index (χ2n) is 9.05. The molecule has 0 aliphatic carbocycles. The Morgan fingerprint density at radius 3 is 1.84 bits per heavy atom. The highest BCUT2D eigenvalue weighted by Crippen LogP contribution is 2.21. The third-order valence-electron chi connectivity index (χ3n) is 5.48. The summed E-state index contributed by atoms with van der Waals surface area (Å²) in [4.78, 5) is 23.1. The van der Waals surface area contributed by atoms with Crippen LogP contribution in [0.5, 0.6) is 0 Å². The fraction of sp³-hybridized carbons (Fsp3) is 0.852. The van der Waals surface area contributed by atoms with Gasteiger partial charge < -0.3 is 32.8 Å². The van der Waals surface area contributed by atoms with Crippen LogP contribution >= 0.6 is 0 Å². The van der Waals surface area contributed by atoms with Crippen molar-refractivity contribution in [1.29, 1.82) is 0 Å². The first-order valence-electron chi connectivity index (χ1n) is 14.1. The minimum absolute atomic E-state index is 0.258. The van der Waals surface area contributed by atoms with Crippen molar-refractivity contribution in [1.82, 2.24) is 5.32 Å². The second kappa shape index (κ2) is 23.6. The number of esters is 1. The van der Waals surface area contributed by atoms with Crippen molar-refractivity contribution in [2.45, 2.75) is 105 Å². The Balaban J connectivity index is 3.58. The molecule has 0 rings (SSSR count). The lowest BCUT2D eigenvalue weighted by Gasteiger charge is -2.28. The summed E-state index contributed by atoms with van der Waals surface area (Å²) in [5.74, 6) is -0.435. The highest BCUT2D eigenvalue weighted by molar-refractivity contribution is 6.60. The summed E-state index contributed by atoms with van der Waals surface area (Å²) in [5, 5.41) is 2.65. The molecule has 0 bridgehead atoms. The topological polar surface area (TPSA) is 102 Å². The number of rotatable bonds is 25. The number of amides is 1. The van der Waals surface area contributed by atoms with Crippen LogP contribution < -0.4 is 5.32 Å². The Morgan fingerprint density at radius 2 is 1.32 bits per heavy atom. The van der Waals surface area contributed by atoms with E-state index in [9.17, 15) is 9.59 Å². The van der Waals surface area contributed by atoms with Gasteiger partial charge in [-0.05, 0) is 47.5 Å². The minimum Gasteiger partial charge on any atom is -0.457 e. The maximum Gasteiger partial charge on any atom is 0.500 e. The summed E-state index contributed by atoms with van der Waals surface area (Å²) in [5.41, 5.74) is 0.352. The molecule has 1 amide bonds. The number of carbonyl (C=O) groups excluding carboxylic acids is 2. The number of carbonyl (C=O) groups is 2. The smallest absolute Gasteiger partial charge is 0.457 e. The summed E-state index contributed by atoms with van der Waals surface area (Å²) >= 11 is 0. The van der Waals surface area contributed by atoms with E-state index in [0.29, 0.717) is 45.2 Å². The Morgan fingerprint density at radius 1 is 0.811 bits per heavy atom. The minimum atomic E-state index is -2.49. The van der Waals surface area contributed by atoms with Crippen LogP contribution in [0.1, 0.15) is 92.4 Å². The van der Waals surface area contributed by atoms with Crippen LogP contribution in [0.25, 0.3) is 0 Å². The van der Waals surface area contributed by atoms with Gasteiger partial charge in [0.15, 0.2) is 0 Å². The lowest BCUT2D eigenvalue weighted by Crippen LogP contribution is -2.45. The molecule has 0 aromatic carbocycles. The lowest BCUT2D eigenvalue weighted by atomic mass is 10.1. The van der Waals surface area contributed by atoms with Crippen LogP contribution in [-0.2, 0) is 32.3 Å². The molecule has 0 aromatic heterocycles. The van der Waals surface area contributed by atoms with E-state index in [1.165, 1.54) is 32.1 Å². The van der Waals surface area contributed by atoms with Crippen LogP contribution in [0.3, 0.4) is 0 Å². The van der Waals surface area contributed by atoms with Crippen molar-refractivity contribution in [3.8, 4) is 0 Å². The van der Waals surface area contributed by atoms with E-state index in [4.69, 9.17) is 27.5 Å². The van der Waals surface area contributed by atoms with Crippen LogP contribution in [0.15, 0.2) is 12.2 Å². The lowest BCUT2D eigenvalue weighted by molar-refractivity contribution is -0.146. The number of nitrogens with one attached hydrogen (secondary N) is 1. The highest BCUT2D eigenvalue weighted by atomic mass is 28.4. The molecule has 0 fully saturated rings. The van der Waals surface area contributed by atoms with Gasteiger partial charge in [0.2, 0.25) is 0 Å². The first-order valence-corrected chi connectivity index (χ1v) is 16.0. The first kappa shape index (κ1) is 35.5. The average molecular weight is 548 g/mol. The first-order chi connectivity index (χ1) is 17.8. The number of hydrogen-bond acceptors (Lipinski definition) is 8. The van der Waals surface area contributed by atoms with E-state index in [0.717, 1.165) is 31.7 Å². The number of hydrogen-bond donors (Lipinski definition) is 1. The summed E-state index contributed by atoms with van der Waals surface area (Å²) < 4.78 is 33.4. The fourth-order valence-electron chi connectivity index (χ4n) is 3.69. The van der Waals surface area contributed by atoms with Gasteiger partial charge in [-0.1, -0.05) is 51.5 Å². The molecule has 0 aromatic rings. The van der Waals surface area contributed by atoms with Gasteiger partial charge in [0.25, 0.3) is 0 Å². The zero-order valence-corrected chi connectivity index (χ0v) is 25.1. The Hall–Kier alpha value is -1.46. The molecule has 1 unspecified atom stereocenters. The van der Waals surface area contributed by atoms with Gasteiger partial charge in [0.05, 0.1) is 19.8 Å². The molecule has 37 heavy (non-hydrogen) atoms. The molecular weight excluding hydrogens is 494 g/mol. The Bertz CT molecular complexity index is 588. The summed E-state index contributed by atoms with van der Waals surface area (Å²) in [6.07, 6.45) is 9.44. The Labute approximate surface area is 226 Å². The molecule has 0 heterocycles. The SMILES string of the molecule is C=C(C)C(=O)OC(C)COCCNC(=O)OCCCCCCCCCCC[Si](OCC)(OCC)OCC. The third-order valence-corrected chi connectivity index (χ3v) is 8.63. The monoisotopic (exact) mass is 547 g/mol. The van der Waals surface area contributed by atoms with Gasteiger partial charge in [-0.2, -0.15) is 0 Å². The zero-order valence-electron chi connectivity index (χ0n) is 24.1.